The van der Waals surface area contributed by atoms with Crippen LogP contribution in [0.25, 0.3) is 0 Å². The number of amides is 1. The summed E-state index contributed by atoms with van der Waals surface area (Å²) in [5.41, 5.74) is 6.44. The zero-order valence-corrected chi connectivity index (χ0v) is 9.95. The summed E-state index contributed by atoms with van der Waals surface area (Å²) in [6, 6.07) is 0. The van der Waals surface area contributed by atoms with Crippen molar-refractivity contribution in [2.24, 2.45) is 5.73 Å². The number of hydrogen-bond donors (Lipinski definition) is 1. The molecule has 0 fully saturated rings. The first-order chi connectivity index (χ1) is 7.04. The average Bonchev–Trinajstić information content (AvgIpc) is 2.21. The molecule has 0 saturated heterocycles. The smallest absolute Gasteiger partial charge is 0.225 e. The van der Waals surface area contributed by atoms with Gasteiger partial charge in [0.15, 0.2) is 0 Å². The topological polar surface area (TPSA) is 55.6 Å². The summed E-state index contributed by atoms with van der Waals surface area (Å²) in [4.78, 5) is 13.5. The highest BCUT2D eigenvalue weighted by Gasteiger charge is 2.16. The second-order valence-corrected chi connectivity index (χ2v) is 3.66. The summed E-state index contributed by atoms with van der Waals surface area (Å²) in [6.07, 6.45) is 0.158. The molecule has 1 atom stereocenters. The number of likely N-dealkylation sites (N-methyl/N-ethyl adjacent to an activating group) is 1. The van der Waals surface area contributed by atoms with E-state index in [-0.39, 0.29) is 12.0 Å². The first-order valence-electron chi connectivity index (χ1n) is 5.20. The highest BCUT2D eigenvalue weighted by Crippen LogP contribution is 2.03. The normalized spacial score (nSPS) is 12.3. The van der Waals surface area contributed by atoms with E-state index in [1.54, 1.807) is 12.0 Å². The molecule has 0 saturated carbocycles. The molecule has 4 nitrogen and oxygen atoms in total. The Morgan fingerprint density at radius 2 is 2.20 bits per heavy atom. The van der Waals surface area contributed by atoms with Crippen molar-refractivity contribution in [3.63, 3.8) is 0 Å². The molecule has 0 aliphatic rings. The van der Waals surface area contributed by atoms with Gasteiger partial charge in [0.05, 0.1) is 12.5 Å². The Balaban J connectivity index is 4.19. The van der Waals surface area contributed by atoms with E-state index in [9.17, 15) is 4.79 Å². The van der Waals surface area contributed by atoms with Gasteiger partial charge < -0.3 is 15.4 Å². The molecule has 4 heteroatoms. The Bertz CT molecular complexity index is 213. The molecule has 0 aromatic heterocycles. The zero-order chi connectivity index (χ0) is 11.8. The summed E-state index contributed by atoms with van der Waals surface area (Å²) in [5, 5.41) is 0. The fourth-order valence-corrected chi connectivity index (χ4v) is 1.29. The minimum Gasteiger partial charge on any atom is -0.380 e. The molecule has 0 aromatic carbocycles. The first-order valence-corrected chi connectivity index (χ1v) is 5.20. The molecule has 1 unspecified atom stereocenters. The Morgan fingerprint density at radius 3 is 2.53 bits per heavy atom. The summed E-state index contributed by atoms with van der Waals surface area (Å²) in [6.45, 7) is 9.32. The number of ether oxygens (including phenoxy) is 1. The Labute approximate surface area is 92.1 Å². The molecule has 15 heavy (non-hydrogen) atoms. The summed E-state index contributed by atoms with van der Waals surface area (Å²) >= 11 is 0. The van der Waals surface area contributed by atoms with Gasteiger partial charge in [-0.1, -0.05) is 12.2 Å². The van der Waals surface area contributed by atoms with E-state index in [0.29, 0.717) is 26.1 Å². The van der Waals surface area contributed by atoms with E-state index in [1.807, 2.05) is 13.8 Å². The highest BCUT2D eigenvalue weighted by molar-refractivity contribution is 5.77. The van der Waals surface area contributed by atoms with E-state index in [1.165, 1.54) is 0 Å². The second kappa shape index (κ2) is 7.43. The molecule has 0 radical (unpaired) electrons. The van der Waals surface area contributed by atoms with Gasteiger partial charge in [0.25, 0.3) is 0 Å². The van der Waals surface area contributed by atoms with Crippen LogP contribution in [0.1, 0.15) is 20.3 Å². The average molecular weight is 214 g/mol. The number of methoxy groups -OCH3 is 1. The van der Waals surface area contributed by atoms with Crippen LogP contribution in [0.4, 0.5) is 0 Å². The number of carbonyl (C=O) groups is 1. The molecular formula is C11H22N2O2. The molecule has 2 N–H and O–H groups in total. The molecule has 0 aromatic rings. The fourth-order valence-electron chi connectivity index (χ4n) is 1.29. The predicted molar refractivity (Wildman–Crippen MR) is 61.5 cm³/mol. The van der Waals surface area contributed by atoms with Crippen LogP contribution in [0.15, 0.2) is 12.2 Å². The van der Waals surface area contributed by atoms with Crippen LogP contribution in [0.5, 0.6) is 0 Å². The predicted octanol–water partition coefficient (Wildman–Crippen LogP) is 0.775. The van der Waals surface area contributed by atoms with Crippen LogP contribution in [-0.4, -0.2) is 43.7 Å². The Morgan fingerprint density at radius 1 is 1.60 bits per heavy atom. The second-order valence-electron chi connectivity index (χ2n) is 3.66. The van der Waals surface area contributed by atoms with Gasteiger partial charge in [-0.3, -0.25) is 4.79 Å². The van der Waals surface area contributed by atoms with Crippen molar-refractivity contribution in [2.45, 2.75) is 26.4 Å². The van der Waals surface area contributed by atoms with E-state index in [2.05, 4.69) is 6.58 Å². The molecule has 0 bridgehead atoms. The molecule has 0 aliphatic carbocycles. The molecule has 0 spiro atoms. The molecule has 0 heterocycles. The van der Waals surface area contributed by atoms with Crippen molar-refractivity contribution >= 4 is 5.91 Å². The van der Waals surface area contributed by atoms with Gasteiger partial charge in [0.2, 0.25) is 5.91 Å². The fraction of sp³-hybridized carbons (Fsp3) is 0.727. The van der Waals surface area contributed by atoms with Gasteiger partial charge in [-0.2, -0.15) is 0 Å². The SMILES string of the molecule is C=C(C)CN(CC)C(=O)CC(CN)OC. The summed E-state index contributed by atoms with van der Waals surface area (Å²) < 4.78 is 5.07. The maximum absolute atomic E-state index is 11.8. The molecule has 0 aliphatic heterocycles. The van der Waals surface area contributed by atoms with Gasteiger partial charge >= 0.3 is 0 Å². The maximum Gasteiger partial charge on any atom is 0.225 e. The van der Waals surface area contributed by atoms with Crippen LogP contribution in [-0.2, 0) is 9.53 Å². The van der Waals surface area contributed by atoms with E-state index in [4.69, 9.17) is 10.5 Å². The van der Waals surface area contributed by atoms with Gasteiger partial charge in [0.1, 0.15) is 0 Å². The summed E-state index contributed by atoms with van der Waals surface area (Å²) in [7, 11) is 1.57. The van der Waals surface area contributed by atoms with Crippen LogP contribution in [0.2, 0.25) is 0 Å². The van der Waals surface area contributed by atoms with Crippen molar-refractivity contribution in [1.82, 2.24) is 4.90 Å². The highest BCUT2D eigenvalue weighted by atomic mass is 16.5. The molecule has 88 valence electrons. The van der Waals surface area contributed by atoms with Gasteiger partial charge in [0, 0.05) is 26.7 Å². The van der Waals surface area contributed by atoms with Crippen molar-refractivity contribution in [1.29, 1.82) is 0 Å². The number of carbonyl (C=O) groups excluding carboxylic acids is 1. The number of nitrogens with zero attached hydrogens (tertiary/aromatic N) is 1. The van der Waals surface area contributed by atoms with Crippen LogP contribution < -0.4 is 5.73 Å². The van der Waals surface area contributed by atoms with Gasteiger partial charge in [-0.25, -0.2) is 0 Å². The Hall–Kier alpha value is -0.870. The lowest BCUT2D eigenvalue weighted by molar-refractivity contribution is -0.133. The van der Waals surface area contributed by atoms with E-state index < -0.39 is 0 Å². The quantitative estimate of drug-likeness (QED) is 0.637. The summed E-state index contributed by atoms with van der Waals surface area (Å²) in [5.74, 6) is 0.0674. The number of hydrogen-bond acceptors (Lipinski definition) is 3. The van der Waals surface area contributed by atoms with Crippen LogP contribution >= 0.6 is 0 Å². The maximum atomic E-state index is 11.8. The third kappa shape index (κ3) is 5.54. The van der Waals surface area contributed by atoms with Crippen LogP contribution in [0, 0.1) is 0 Å². The lowest BCUT2D eigenvalue weighted by Gasteiger charge is -2.23. The third-order valence-electron chi connectivity index (χ3n) is 2.19. The lowest BCUT2D eigenvalue weighted by atomic mass is 10.2. The Kier molecular flexibility index (Phi) is 6.99. The number of rotatable bonds is 7. The number of nitrogens with two attached hydrogens (primary N) is 1. The minimum absolute atomic E-state index is 0.0674. The zero-order valence-electron chi connectivity index (χ0n) is 9.95. The molecular weight excluding hydrogens is 192 g/mol. The third-order valence-corrected chi connectivity index (χ3v) is 2.19. The van der Waals surface area contributed by atoms with Gasteiger partial charge in [-0.15, -0.1) is 0 Å². The van der Waals surface area contributed by atoms with Crippen molar-refractivity contribution in [3.8, 4) is 0 Å². The van der Waals surface area contributed by atoms with E-state index >= 15 is 0 Å². The molecule has 0 rings (SSSR count). The van der Waals surface area contributed by atoms with Crippen molar-refractivity contribution in [2.75, 3.05) is 26.7 Å². The van der Waals surface area contributed by atoms with Gasteiger partial charge in [-0.05, 0) is 13.8 Å². The minimum atomic E-state index is -0.184. The largest absolute Gasteiger partial charge is 0.380 e. The van der Waals surface area contributed by atoms with E-state index in [0.717, 1.165) is 5.57 Å². The molecule has 1 amide bonds. The monoisotopic (exact) mass is 214 g/mol. The van der Waals surface area contributed by atoms with Crippen molar-refractivity contribution in [3.05, 3.63) is 12.2 Å². The van der Waals surface area contributed by atoms with Crippen molar-refractivity contribution < 1.29 is 9.53 Å². The van der Waals surface area contributed by atoms with Crippen LogP contribution in [0.3, 0.4) is 0 Å². The standard InChI is InChI=1S/C11H22N2O2/c1-5-13(8-9(2)3)11(14)6-10(7-12)15-4/h10H,2,5-8,12H2,1,3-4H3. The first kappa shape index (κ1) is 14.1. The lowest BCUT2D eigenvalue weighted by Crippen LogP contribution is -2.36.